The molecule has 0 N–H and O–H groups in total. The molecule has 1 heteroatoms. The molecule has 0 saturated carbocycles. The van der Waals surface area contributed by atoms with Crippen LogP contribution in [0.5, 0.6) is 0 Å². The largest absolute Gasteiger partial charge is 0.504 e. The molecule has 0 aromatic rings. The van der Waals surface area contributed by atoms with Gasteiger partial charge in [-0.2, -0.15) is 0 Å². The Labute approximate surface area is 63.1 Å². The zero-order valence-electron chi connectivity index (χ0n) is 6.68. The Morgan fingerprint density at radius 3 is 2.90 bits per heavy atom. The number of allylic oxidation sites excluding steroid dienone is 1. The van der Waals surface area contributed by atoms with E-state index in [0.717, 1.165) is 6.42 Å². The van der Waals surface area contributed by atoms with Crippen molar-refractivity contribution < 1.29 is 4.74 Å². The third-order valence-corrected chi connectivity index (χ3v) is 1.04. The summed E-state index contributed by atoms with van der Waals surface area (Å²) < 4.78 is 4.67. The van der Waals surface area contributed by atoms with Gasteiger partial charge >= 0.3 is 0 Å². The zero-order valence-corrected chi connectivity index (χ0v) is 6.68. The molecule has 10 heavy (non-hydrogen) atoms. The highest BCUT2D eigenvalue weighted by atomic mass is 16.5. The first-order chi connectivity index (χ1) is 4.91. The number of hydrogen-bond donors (Lipinski definition) is 0. The molecule has 0 rings (SSSR count). The van der Waals surface area contributed by atoms with Crippen molar-refractivity contribution in [2.24, 2.45) is 0 Å². The zero-order chi connectivity index (χ0) is 7.66. The molecule has 0 amide bonds. The van der Waals surface area contributed by atoms with Crippen molar-refractivity contribution >= 4 is 0 Å². The van der Waals surface area contributed by atoms with Gasteiger partial charge in [0.1, 0.15) is 0 Å². The first-order valence-electron chi connectivity index (χ1n) is 3.58. The predicted molar refractivity (Wildman–Crippen MR) is 43.5 cm³/mol. The van der Waals surface area contributed by atoms with E-state index in [1.165, 1.54) is 12.8 Å². The first kappa shape index (κ1) is 9.10. The van der Waals surface area contributed by atoms with E-state index in [4.69, 9.17) is 0 Å². The van der Waals surface area contributed by atoms with E-state index in [1.54, 1.807) is 19.4 Å². The molecule has 0 bridgehead atoms. The highest BCUT2D eigenvalue weighted by molar-refractivity contribution is 5.13. The highest BCUT2D eigenvalue weighted by Gasteiger charge is 1.73. The predicted octanol–water partition coefficient (Wildman–Crippen LogP) is 2.34. The van der Waals surface area contributed by atoms with E-state index in [1.807, 2.05) is 0 Å². The van der Waals surface area contributed by atoms with Crippen molar-refractivity contribution in [1.29, 1.82) is 0 Å². The Kier molecular flexibility index (Phi) is 7.37. The van der Waals surface area contributed by atoms with Gasteiger partial charge in [0.25, 0.3) is 0 Å². The van der Waals surface area contributed by atoms with Gasteiger partial charge in [-0.25, -0.2) is 0 Å². The van der Waals surface area contributed by atoms with Crippen molar-refractivity contribution in [3.05, 3.63) is 12.3 Å². The van der Waals surface area contributed by atoms with Gasteiger partial charge in [0.15, 0.2) is 0 Å². The van der Waals surface area contributed by atoms with Crippen LogP contribution >= 0.6 is 0 Å². The molecule has 0 radical (unpaired) electrons. The number of rotatable bonds is 3. The minimum atomic E-state index is 0.991. The highest BCUT2D eigenvalue weighted by Crippen LogP contribution is 1.89. The number of unbranched alkanes of at least 4 members (excludes halogenated alkanes) is 2. The van der Waals surface area contributed by atoms with Crippen LogP contribution < -0.4 is 0 Å². The van der Waals surface area contributed by atoms with Crippen molar-refractivity contribution in [2.75, 3.05) is 7.11 Å². The summed E-state index contributed by atoms with van der Waals surface area (Å²) in [7, 11) is 1.62. The van der Waals surface area contributed by atoms with Crippen molar-refractivity contribution in [1.82, 2.24) is 0 Å². The minimum absolute atomic E-state index is 0.991. The van der Waals surface area contributed by atoms with E-state index in [0.29, 0.717) is 0 Å². The monoisotopic (exact) mass is 138 g/mol. The Morgan fingerprint density at radius 2 is 2.30 bits per heavy atom. The molecular formula is C9H14O. The molecule has 0 aliphatic carbocycles. The Hall–Kier alpha value is -0.900. The molecule has 0 heterocycles. The van der Waals surface area contributed by atoms with Crippen molar-refractivity contribution in [3.63, 3.8) is 0 Å². The lowest BCUT2D eigenvalue weighted by atomic mass is 10.2. The van der Waals surface area contributed by atoms with Crippen LogP contribution in [0.4, 0.5) is 0 Å². The second kappa shape index (κ2) is 8.10. The first-order valence-corrected chi connectivity index (χ1v) is 3.58. The lowest BCUT2D eigenvalue weighted by molar-refractivity contribution is 0.338. The minimum Gasteiger partial charge on any atom is -0.504 e. The lowest BCUT2D eigenvalue weighted by Gasteiger charge is -1.82. The Morgan fingerprint density at radius 1 is 1.50 bits per heavy atom. The SMILES string of the molecule is CCCCC#C/C=C/OC. The fourth-order valence-electron chi connectivity index (χ4n) is 0.498. The lowest BCUT2D eigenvalue weighted by Crippen LogP contribution is -1.66. The second-order valence-corrected chi connectivity index (χ2v) is 1.96. The molecule has 0 aliphatic heterocycles. The third kappa shape index (κ3) is 7.10. The van der Waals surface area contributed by atoms with Crippen LogP contribution in [0.15, 0.2) is 12.3 Å². The summed E-state index contributed by atoms with van der Waals surface area (Å²) in [5, 5.41) is 0. The molecule has 56 valence electrons. The Bertz CT molecular complexity index is 137. The maximum atomic E-state index is 4.67. The molecule has 0 atom stereocenters. The maximum absolute atomic E-state index is 4.67. The molecule has 0 aromatic carbocycles. The van der Waals surface area contributed by atoms with E-state index in [-0.39, 0.29) is 0 Å². The fraction of sp³-hybridized carbons (Fsp3) is 0.556. The third-order valence-electron chi connectivity index (χ3n) is 1.04. The van der Waals surface area contributed by atoms with Crippen LogP contribution in [0.3, 0.4) is 0 Å². The van der Waals surface area contributed by atoms with Gasteiger partial charge in [0.05, 0.1) is 13.4 Å². The Balaban J connectivity index is 3.22. The maximum Gasteiger partial charge on any atom is 0.0908 e. The molecule has 0 aromatic heterocycles. The smallest absolute Gasteiger partial charge is 0.0908 e. The van der Waals surface area contributed by atoms with Crippen LogP contribution in [0.2, 0.25) is 0 Å². The topological polar surface area (TPSA) is 9.23 Å². The average molecular weight is 138 g/mol. The fourth-order valence-corrected chi connectivity index (χ4v) is 0.498. The van der Waals surface area contributed by atoms with Gasteiger partial charge < -0.3 is 4.74 Å². The van der Waals surface area contributed by atoms with Crippen LogP contribution in [0.25, 0.3) is 0 Å². The quantitative estimate of drug-likeness (QED) is 0.330. The van der Waals surface area contributed by atoms with Crippen molar-refractivity contribution in [3.8, 4) is 11.8 Å². The standard InChI is InChI=1S/C9H14O/c1-3-4-5-6-7-8-9-10-2/h8-9H,3-5H2,1-2H3/b9-8+. The molecular weight excluding hydrogens is 124 g/mol. The number of ether oxygens (including phenoxy) is 1. The van der Waals surface area contributed by atoms with E-state index >= 15 is 0 Å². The summed E-state index contributed by atoms with van der Waals surface area (Å²) in [5.41, 5.74) is 0. The molecule has 1 nitrogen and oxygen atoms in total. The second-order valence-electron chi connectivity index (χ2n) is 1.96. The normalized spacial score (nSPS) is 9.00. The molecule has 0 unspecified atom stereocenters. The summed E-state index contributed by atoms with van der Waals surface area (Å²) in [6.45, 7) is 2.16. The summed E-state index contributed by atoms with van der Waals surface area (Å²) in [6, 6.07) is 0. The average Bonchev–Trinajstić information content (AvgIpc) is 1.97. The summed E-state index contributed by atoms with van der Waals surface area (Å²) in [5.74, 6) is 5.87. The van der Waals surface area contributed by atoms with Crippen LogP contribution in [-0.4, -0.2) is 7.11 Å². The summed E-state index contributed by atoms with van der Waals surface area (Å²) in [4.78, 5) is 0. The van der Waals surface area contributed by atoms with Gasteiger partial charge in [0, 0.05) is 12.5 Å². The van der Waals surface area contributed by atoms with Crippen LogP contribution in [0.1, 0.15) is 26.2 Å². The number of methoxy groups -OCH3 is 1. The molecule has 0 spiro atoms. The molecule has 0 aliphatic rings. The van der Waals surface area contributed by atoms with Gasteiger partial charge in [-0.1, -0.05) is 25.2 Å². The summed E-state index contributed by atoms with van der Waals surface area (Å²) in [6.07, 6.45) is 6.69. The molecule has 0 fully saturated rings. The van der Waals surface area contributed by atoms with E-state index in [9.17, 15) is 0 Å². The van der Waals surface area contributed by atoms with Crippen molar-refractivity contribution in [2.45, 2.75) is 26.2 Å². The van der Waals surface area contributed by atoms with Gasteiger partial charge in [-0.15, -0.1) is 0 Å². The summed E-state index contributed by atoms with van der Waals surface area (Å²) >= 11 is 0. The van der Waals surface area contributed by atoms with Crippen LogP contribution in [0, 0.1) is 11.8 Å². The number of hydrogen-bond acceptors (Lipinski definition) is 1. The van der Waals surface area contributed by atoms with Gasteiger partial charge in [-0.05, 0) is 6.42 Å². The van der Waals surface area contributed by atoms with E-state index in [2.05, 4.69) is 23.5 Å². The van der Waals surface area contributed by atoms with Crippen LogP contribution in [-0.2, 0) is 4.74 Å². The van der Waals surface area contributed by atoms with Gasteiger partial charge in [-0.3, -0.25) is 0 Å². The van der Waals surface area contributed by atoms with E-state index < -0.39 is 0 Å². The molecule has 0 saturated heterocycles. The van der Waals surface area contributed by atoms with Gasteiger partial charge in [0.2, 0.25) is 0 Å².